The van der Waals surface area contributed by atoms with Crippen molar-refractivity contribution in [2.45, 2.75) is 13.5 Å². The van der Waals surface area contributed by atoms with E-state index in [2.05, 4.69) is 4.98 Å². The van der Waals surface area contributed by atoms with Crippen molar-refractivity contribution in [3.63, 3.8) is 0 Å². The summed E-state index contributed by atoms with van der Waals surface area (Å²) >= 11 is 12.3. The smallest absolute Gasteiger partial charge is 0.178 e. The maximum atomic E-state index is 11.7. The second-order valence-corrected chi connectivity index (χ2v) is 5.96. The molecule has 1 heterocycles. The van der Waals surface area contributed by atoms with Crippen molar-refractivity contribution in [1.29, 1.82) is 0 Å². The van der Waals surface area contributed by atoms with Crippen LogP contribution in [0.2, 0.25) is 10.0 Å². The van der Waals surface area contributed by atoms with E-state index in [4.69, 9.17) is 27.9 Å². The molecule has 0 unspecified atom stereocenters. The van der Waals surface area contributed by atoms with Crippen LogP contribution in [-0.2, 0) is 6.61 Å². The minimum Gasteiger partial charge on any atom is -0.488 e. The maximum Gasteiger partial charge on any atom is 0.178 e. The molecule has 0 bridgehead atoms. The standard InChI is InChI=1S/C18H13Cl2NO2/c1-11(22)15-9-17(23-10-12-5-3-2-4-6-12)18-14(20)7-13(19)8-16(18)21-15/h2-9H,10H2,1H3. The van der Waals surface area contributed by atoms with Gasteiger partial charge in [-0.05, 0) is 17.7 Å². The van der Waals surface area contributed by atoms with Gasteiger partial charge in [-0.2, -0.15) is 0 Å². The van der Waals surface area contributed by atoms with E-state index < -0.39 is 0 Å². The van der Waals surface area contributed by atoms with E-state index in [0.717, 1.165) is 5.56 Å². The Morgan fingerprint density at radius 1 is 1.13 bits per heavy atom. The Labute approximate surface area is 143 Å². The average Bonchev–Trinajstić information content (AvgIpc) is 2.52. The van der Waals surface area contributed by atoms with E-state index in [1.54, 1.807) is 18.2 Å². The molecule has 3 aromatic rings. The fraction of sp³-hybridized carbons (Fsp3) is 0.111. The molecule has 0 aliphatic rings. The zero-order valence-corrected chi connectivity index (χ0v) is 13.9. The lowest BCUT2D eigenvalue weighted by Gasteiger charge is -2.12. The summed E-state index contributed by atoms with van der Waals surface area (Å²) in [6.07, 6.45) is 0. The van der Waals surface area contributed by atoms with Crippen molar-refractivity contribution in [1.82, 2.24) is 4.98 Å². The van der Waals surface area contributed by atoms with Crippen molar-refractivity contribution in [2.24, 2.45) is 0 Å². The molecule has 0 saturated carbocycles. The summed E-state index contributed by atoms with van der Waals surface area (Å²) in [5.41, 5.74) is 1.88. The van der Waals surface area contributed by atoms with E-state index >= 15 is 0 Å². The maximum absolute atomic E-state index is 11.7. The molecule has 2 aromatic carbocycles. The molecule has 0 N–H and O–H groups in total. The molecule has 0 amide bonds. The van der Waals surface area contributed by atoms with Crippen molar-refractivity contribution in [2.75, 3.05) is 0 Å². The molecule has 0 atom stereocenters. The zero-order chi connectivity index (χ0) is 16.4. The van der Waals surface area contributed by atoms with Gasteiger partial charge < -0.3 is 4.74 Å². The van der Waals surface area contributed by atoms with Gasteiger partial charge in [0, 0.05) is 18.0 Å². The van der Waals surface area contributed by atoms with Crippen LogP contribution in [0.1, 0.15) is 23.0 Å². The topological polar surface area (TPSA) is 39.2 Å². The molecule has 3 rings (SSSR count). The summed E-state index contributed by atoms with van der Waals surface area (Å²) in [5, 5.41) is 1.56. The van der Waals surface area contributed by atoms with Crippen LogP contribution in [0.3, 0.4) is 0 Å². The van der Waals surface area contributed by atoms with Gasteiger partial charge in [-0.3, -0.25) is 4.79 Å². The van der Waals surface area contributed by atoms with E-state index in [1.807, 2.05) is 30.3 Å². The largest absolute Gasteiger partial charge is 0.488 e. The lowest BCUT2D eigenvalue weighted by atomic mass is 10.1. The highest BCUT2D eigenvalue weighted by Crippen LogP contribution is 2.35. The first-order valence-electron chi connectivity index (χ1n) is 7.02. The number of rotatable bonds is 4. The van der Waals surface area contributed by atoms with Crippen LogP contribution < -0.4 is 4.74 Å². The van der Waals surface area contributed by atoms with Crippen LogP contribution in [-0.4, -0.2) is 10.8 Å². The SMILES string of the molecule is CC(=O)c1cc(OCc2ccccc2)c2c(Cl)cc(Cl)cc2n1. The quantitative estimate of drug-likeness (QED) is 0.600. The first-order valence-corrected chi connectivity index (χ1v) is 7.77. The third-order valence-electron chi connectivity index (χ3n) is 3.39. The van der Waals surface area contributed by atoms with Crippen molar-refractivity contribution in [3.8, 4) is 5.75 Å². The number of Topliss-reactive ketones (excluding diaryl/α,β-unsaturated/α-hetero) is 1. The number of pyridine rings is 1. The first kappa shape index (κ1) is 15.8. The Morgan fingerprint density at radius 2 is 1.87 bits per heavy atom. The number of ketones is 1. The Hall–Kier alpha value is -2.10. The predicted molar refractivity (Wildman–Crippen MR) is 92.5 cm³/mol. The van der Waals surface area contributed by atoms with Gasteiger partial charge in [-0.25, -0.2) is 4.98 Å². The predicted octanol–water partition coefficient (Wildman–Crippen LogP) is 5.32. The van der Waals surface area contributed by atoms with Crippen LogP contribution in [0.15, 0.2) is 48.5 Å². The molecule has 0 radical (unpaired) electrons. The molecule has 116 valence electrons. The number of aromatic nitrogens is 1. The number of hydrogen-bond donors (Lipinski definition) is 0. The minimum absolute atomic E-state index is 0.146. The van der Waals surface area contributed by atoms with Crippen LogP contribution >= 0.6 is 23.2 Å². The van der Waals surface area contributed by atoms with Crippen LogP contribution in [0.25, 0.3) is 10.9 Å². The fourth-order valence-electron chi connectivity index (χ4n) is 2.28. The van der Waals surface area contributed by atoms with E-state index in [1.165, 1.54) is 6.92 Å². The molecular formula is C18H13Cl2NO2. The third-order valence-corrected chi connectivity index (χ3v) is 3.90. The minimum atomic E-state index is -0.146. The highest BCUT2D eigenvalue weighted by Gasteiger charge is 2.14. The van der Waals surface area contributed by atoms with Gasteiger partial charge in [0.25, 0.3) is 0 Å². The second kappa shape index (κ2) is 6.57. The number of fused-ring (bicyclic) bond motifs is 1. The Morgan fingerprint density at radius 3 is 2.57 bits per heavy atom. The van der Waals surface area contributed by atoms with Gasteiger partial charge in [0.05, 0.1) is 15.9 Å². The van der Waals surface area contributed by atoms with Crippen LogP contribution in [0, 0.1) is 0 Å². The molecule has 0 fully saturated rings. The average molecular weight is 346 g/mol. The third kappa shape index (κ3) is 3.46. The van der Waals surface area contributed by atoms with Gasteiger partial charge in [-0.15, -0.1) is 0 Å². The van der Waals surface area contributed by atoms with Gasteiger partial charge >= 0.3 is 0 Å². The molecule has 23 heavy (non-hydrogen) atoms. The molecule has 3 nitrogen and oxygen atoms in total. The molecule has 5 heteroatoms. The van der Waals surface area contributed by atoms with E-state index in [-0.39, 0.29) is 5.78 Å². The van der Waals surface area contributed by atoms with E-state index in [0.29, 0.717) is 39.0 Å². The van der Waals surface area contributed by atoms with Gasteiger partial charge in [-0.1, -0.05) is 53.5 Å². The lowest BCUT2D eigenvalue weighted by molar-refractivity contribution is 0.101. The lowest BCUT2D eigenvalue weighted by Crippen LogP contribution is -2.02. The first-order chi connectivity index (χ1) is 11.0. The summed E-state index contributed by atoms with van der Waals surface area (Å²) in [6.45, 7) is 1.83. The number of benzene rings is 2. The number of hydrogen-bond acceptors (Lipinski definition) is 3. The van der Waals surface area contributed by atoms with Gasteiger partial charge in [0.15, 0.2) is 5.78 Å². The summed E-state index contributed by atoms with van der Waals surface area (Å²) in [4.78, 5) is 16.0. The number of carbonyl (C=O) groups is 1. The van der Waals surface area contributed by atoms with E-state index in [9.17, 15) is 4.79 Å². The molecule has 0 aliphatic heterocycles. The van der Waals surface area contributed by atoms with Crippen molar-refractivity contribution < 1.29 is 9.53 Å². The number of halogens is 2. The highest BCUT2D eigenvalue weighted by atomic mass is 35.5. The van der Waals surface area contributed by atoms with Crippen molar-refractivity contribution >= 4 is 39.9 Å². The Balaban J connectivity index is 2.08. The summed E-state index contributed by atoms with van der Waals surface area (Å²) in [6, 6.07) is 14.7. The van der Waals surface area contributed by atoms with Crippen LogP contribution in [0.5, 0.6) is 5.75 Å². The highest BCUT2D eigenvalue weighted by molar-refractivity contribution is 6.39. The normalized spacial score (nSPS) is 10.7. The molecular weight excluding hydrogens is 333 g/mol. The fourth-order valence-corrected chi connectivity index (χ4v) is 2.86. The molecule has 0 aliphatic carbocycles. The number of ether oxygens (including phenoxy) is 1. The van der Waals surface area contributed by atoms with Crippen molar-refractivity contribution in [3.05, 3.63) is 69.8 Å². The molecule has 0 spiro atoms. The molecule has 0 saturated heterocycles. The zero-order valence-electron chi connectivity index (χ0n) is 12.3. The number of nitrogens with zero attached hydrogens (tertiary/aromatic N) is 1. The van der Waals surface area contributed by atoms with Gasteiger partial charge in [0.2, 0.25) is 0 Å². The van der Waals surface area contributed by atoms with Gasteiger partial charge in [0.1, 0.15) is 18.1 Å². The van der Waals surface area contributed by atoms with Crippen LogP contribution in [0.4, 0.5) is 0 Å². The summed E-state index contributed by atoms with van der Waals surface area (Å²) in [5.74, 6) is 0.373. The summed E-state index contributed by atoms with van der Waals surface area (Å²) < 4.78 is 5.90. The Kier molecular flexibility index (Phi) is 4.51. The number of carbonyl (C=O) groups excluding carboxylic acids is 1. The summed E-state index contributed by atoms with van der Waals surface area (Å²) in [7, 11) is 0. The Bertz CT molecular complexity index is 879. The molecule has 1 aromatic heterocycles. The second-order valence-electron chi connectivity index (χ2n) is 5.12. The monoisotopic (exact) mass is 345 g/mol.